The van der Waals surface area contributed by atoms with Gasteiger partial charge in [-0.1, -0.05) is 0 Å². The van der Waals surface area contributed by atoms with Gasteiger partial charge in [0.1, 0.15) is 5.56 Å². The lowest BCUT2D eigenvalue weighted by Gasteiger charge is -2.46. The number of H-pyrrole nitrogens is 1. The normalized spacial score (nSPS) is 28.4. The van der Waals surface area contributed by atoms with E-state index in [0.29, 0.717) is 19.3 Å². The van der Waals surface area contributed by atoms with Crippen molar-refractivity contribution in [2.24, 2.45) is 5.41 Å². The van der Waals surface area contributed by atoms with Gasteiger partial charge >= 0.3 is 0 Å². The first-order chi connectivity index (χ1) is 12.4. The Morgan fingerprint density at radius 1 is 1.35 bits per heavy atom. The number of carbonyl (C=O) groups is 2. The van der Waals surface area contributed by atoms with Gasteiger partial charge in [-0.2, -0.15) is 5.10 Å². The van der Waals surface area contributed by atoms with Crippen LogP contribution in [0.2, 0.25) is 0 Å². The predicted molar refractivity (Wildman–Crippen MR) is 92.6 cm³/mol. The summed E-state index contributed by atoms with van der Waals surface area (Å²) in [6.07, 6.45) is 6.96. The predicted octanol–water partition coefficient (Wildman–Crippen LogP) is 0.450. The average Bonchev–Trinajstić information content (AvgIpc) is 3.41. The topological polar surface area (TPSA) is 104 Å². The van der Waals surface area contributed by atoms with Crippen molar-refractivity contribution >= 4 is 11.8 Å². The molecule has 1 aromatic heterocycles. The molecule has 8 heteroatoms. The molecule has 26 heavy (non-hydrogen) atoms. The lowest BCUT2D eigenvalue weighted by atomic mass is 9.70. The number of hydrogen-bond donors (Lipinski definition) is 2. The Morgan fingerprint density at radius 3 is 2.65 bits per heavy atom. The molecule has 140 valence electrons. The molecule has 2 amide bonds. The average molecular weight is 360 g/mol. The van der Waals surface area contributed by atoms with Gasteiger partial charge in [0.15, 0.2) is 0 Å². The monoisotopic (exact) mass is 360 g/mol. The van der Waals surface area contributed by atoms with E-state index in [2.05, 4.69) is 15.5 Å². The smallest absolute Gasteiger partial charge is 0.277 e. The highest BCUT2D eigenvalue weighted by Gasteiger charge is 2.51. The minimum atomic E-state index is -0.514. The van der Waals surface area contributed by atoms with Crippen LogP contribution in [0.4, 0.5) is 0 Å². The maximum atomic E-state index is 13.1. The quantitative estimate of drug-likeness (QED) is 0.793. The summed E-state index contributed by atoms with van der Waals surface area (Å²) in [4.78, 5) is 38.9. The zero-order valence-electron chi connectivity index (χ0n) is 14.9. The Morgan fingerprint density at radius 2 is 2.08 bits per heavy atom. The van der Waals surface area contributed by atoms with Crippen molar-refractivity contribution < 1.29 is 14.3 Å². The molecule has 2 saturated carbocycles. The Balaban J connectivity index is 1.41. The van der Waals surface area contributed by atoms with Gasteiger partial charge in [0.2, 0.25) is 5.91 Å². The van der Waals surface area contributed by atoms with E-state index >= 15 is 0 Å². The summed E-state index contributed by atoms with van der Waals surface area (Å²) in [6.45, 7) is 0.957. The second-order valence-corrected chi connectivity index (χ2v) is 7.99. The van der Waals surface area contributed by atoms with Crippen LogP contribution in [0.3, 0.4) is 0 Å². The number of rotatable bonds is 5. The summed E-state index contributed by atoms with van der Waals surface area (Å²) >= 11 is 0. The Labute approximate surface area is 151 Å². The molecule has 2 aliphatic carbocycles. The number of carbonyl (C=O) groups excluding carboxylic acids is 2. The number of nitrogens with one attached hydrogen (secondary N) is 2. The molecule has 0 spiro atoms. The molecule has 0 unspecified atom stereocenters. The second-order valence-electron chi connectivity index (χ2n) is 7.99. The van der Waals surface area contributed by atoms with E-state index in [0.717, 1.165) is 38.5 Å². The first-order valence-corrected chi connectivity index (χ1v) is 9.17. The van der Waals surface area contributed by atoms with Crippen LogP contribution in [0.15, 0.2) is 17.1 Å². The molecule has 1 aromatic rings. The van der Waals surface area contributed by atoms with Crippen LogP contribution in [0.5, 0.6) is 0 Å². The largest absolute Gasteiger partial charge is 0.377 e. The Kier molecular flexibility index (Phi) is 4.10. The van der Waals surface area contributed by atoms with Gasteiger partial charge in [-0.3, -0.25) is 14.4 Å². The number of nitrogens with zero attached hydrogens (tertiary/aromatic N) is 2. The molecule has 2 bridgehead atoms. The SMILES string of the molecule is CN(CC1(NC(=O)c2ccn[nH]c2=O)CC1)C(=O)C12CCC(CC1)OC2. The summed E-state index contributed by atoms with van der Waals surface area (Å²) in [5.41, 5.74) is -1.31. The second kappa shape index (κ2) is 6.19. The van der Waals surface area contributed by atoms with Crippen LogP contribution in [0.1, 0.15) is 48.9 Å². The molecule has 4 fully saturated rings. The van der Waals surface area contributed by atoms with E-state index in [1.165, 1.54) is 12.3 Å². The Hall–Kier alpha value is -2.22. The van der Waals surface area contributed by atoms with Gasteiger partial charge in [0, 0.05) is 19.8 Å². The molecule has 2 saturated heterocycles. The summed E-state index contributed by atoms with van der Waals surface area (Å²) in [7, 11) is 1.79. The van der Waals surface area contributed by atoms with Gasteiger partial charge in [0.05, 0.1) is 23.7 Å². The van der Waals surface area contributed by atoms with Gasteiger partial charge in [0.25, 0.3) is 11.5 Å². The number of amides is 2. The Bertz CT molecular complexity index is 764. The zero-order valence-corrected chi connectivity index (χ0v) is 14.9. The molecule has 2 aliphatic heterocycles. The van der Waals surface area contributed by atoms with Crippen LogP contribution in [0, 0.1) is 5.41 Å². The third kappa shape index (κ3) is 3.02. The number of aromatic amines is 1. The fourth-order valence-electron chi connectivity index (χ4n) is 4.24. The van der Waals surface area contributed by atoms with Crippen molar-refractivity contribution in [3.05, 3.63) is 28.2 Å². The number of likely N-dealkylation sites (N-methyl/N-ethyl adjacent to an activating group) is 1. The van der Waals surface area contributed by atoms with E-state index in [9.17, 15) is 14.4 Å². The van der Waals surface area contributed by atoms with E-state index in [1.54, 1.807) is 11.9 Å². The first-order valence-electron chi connectivity index (χ1n) is 9.17. The van der Waals surface area contributed by atoms with Crippen LogP contribution in [0.25, 0.3) is 0 Å². The summed E-state index contributed by atoms with van der Waals surface area (Å²) in [5, 5.41) is 8.80. The third-order valence-electron chi connectivity index (χ3n) is 6.03. The third-order valence-corrected chi connectivity index (χ3v) is 6.03. The highest BCUT2D eigenvalue weighted by atomic mass is 16.5. The van der Waals surface area contributed by atoms with E-state index in [-0.39, 0.29) is 11.5 Å². The molecule has 3 heterocycles. The number of fused-ring (bicyclic) bond motifs is 3. The molecule has 2 N–H and O–H groups in total. The zero-order chi connectivity index (χ0) is 18.4. The molecule has 8 nitrogen and oxygen atoms in total. The van der Waals surface area contributed by atoms with Gasteiger partial charge in [-0.15, -0.1) is 0 Å². The molecular weight excluding hydrogens is 336 g/mol. The van der Waals surface area contributed by atoms with Gasteiger partial charge < -0.3 is 15.0 Å². The fourth-order valence-corrected chi connectivity index (χ4v) is 4.24. The van der Waals surface area contributed by atoms with Gasteiger partial charge in [-0.25, -0.2) is 5.10 Å². The highest BCUT2D eigenvalue weighted by molar-refractivity contribution is 5.94. The lowest BCUT2D eigenvalue weighted by molar-refractivity contribution is -0.166. The minimum Gasteiger partial charge on any atom is -0.377 e. The molecule has 4 aliphatic rings. The number of hydrogen-bond acceptors (Lipinski definition) is 5. The van der Waals surface area contributed by atoms with Gasteiger partial charge in [-0.05, 0) is 44.6 Å². The van der Waals surface area contributed by atoms with Crippen molar-refractivity contribution in [1.29, 1.82) is 0 Å². The molecular formula is C18H24N4O4. The lowest BCUT2D eigenvalue weighted by Crippen LogP contribution is -2.55. The fraction of sp³-hybridized carbons (Fsp3) is 0.667. The molecule has 0 aromatic carbocycles. The van der Waals surface area contributed by atoms with Crippen molar-refractivity contribution in [3.8, 4) is 0 Å². The van der Waals surface area contributed by atoms with Crippen LogP contribution in [-0.4, -0.2) is 58.8 Å². The first kappa shape index (κ1) is 17.2. The number of ether oxygens (including phenoxy) is 1. The van der Waals surface area contributed by atoms with Crippen molar-refractivity contribution in [1.82, 2.24) is 20.4 Å². The highest BCUT2D eigenvalue weighted by Crippen LogP contribution is 2.45. The van der Waals surface area contributed by atoms with Crippen LogP contribution >= 0.6 is 0 Å². The molecule has 0 atom stereocenters. The van der Waals surface area contributed by atoms with E-state index in [1.807, 2.05) is 0 Å². The number of aromatic nitrogens is 2. The van der Waals surface area contributed by atoms with Crippen molar-refractivity contribution in [3.63, 3.8) is 0 Å². The summed E-state index contributed by atoms with van der Waals surface area (Å²) in [6, 6.07) is 1.40. The standard InChI is InChI=1S/C18H24N4O4/c1-22(16(25)17-5-2-12(3-6-17)26-11-17)10-18(7-8-18)20-14(23)13-4-9-19-21-15(13)24/h4,9,12H,2-3,5-8,10-11H2,1H3,(H,20,23)(H,21,24). The maximum Gasteiger partial charge on any atom is 0.277 e. The minimum absolute atomic E-state index is 0.0397. The van der Waals surface area contributed by atoms with Crippen molar-refractivity contribution in [2.75, 3.05) is 20.2 Å². The van der Waals surface area contributed by atoms with Crippen LogP contribution in [-0.2, 0) is 9.53 Å². The van der Waals surface area contributed by atoms with E-state index in [4.69, 9.17) is 4.74 Å². The molecule has 0 radical (unpaired) electrons. The maximum absolute atomic E-state index is 13.1. The molecule has 5 rings (SSSR count). The van der Waals surface area contributed by atoms with Crippen LogP contribution < -0.4 is 10.9 Å². The summed E-state index contributed by atoms with van der Waals surface area (Å²) in [5.74, 6) is -0.315. The van der Waals surface area contributed by atoms with Crippen molar-refractivity contribution in [2.45, 2.75) is 50.2 Å². The van der Waals surface area contributed by atoms with E-state index < -0.39 is 22.4 Å². The summed E-state index contributed by atoms with van der Waals surface area (Å²) < 4.78 is 5.77.